The van der Waals surface area contributed by atoms with E-state index in [2.05, 4.69) is 17.2 Å². The van der Waals surface area contributed by atoms with Crippen molar-refractivity contribution in [3.63, 3.8) is 0 Å². The fourth-order valence-electron chi connectivity index (χ4n) is 2.80. The summed E-state index contributed by atoms with van der Waals surface area (Å²) < 4.78 is 5.76. The third kappa shape index (κ3) is 2.84. The van der Waals surface area contributed by atoms with Crippen LogP contribution >= 0.6 is 12.2 Å². The summed E-state index contributed by atoms with van der Waals surface area (Å²) in [7, 11) is 0. The van der Waals surface area contributed by atoms with Gasteiger partial charge in [0, 0.05) is 24.2 Å². The minimum absolute atomic E-state index is 0.200. The highest BCUT2D eigenvalue weighted by atomic mass is 32.1. The van der Waals surface area contributed by atoms with Crippen LogP contribution in [0.3, 0.4) is 0 Å². The van der Waals surface area contributed by atoms with E-state index >= 15 is 0 Å². The maximum Gasteiger partial charge on any atom is 0.107 e. The zero-order chi connectivity index (χ0) is 14.8. The van der Waals surface area contributed by atoms with E-state index in [9.17, 15) is 0 Å². The van der Waals surface area contributed by atoms with Gasteiger partial charge in [-0.3, -0.25) is 4.98 Å². The molecule has 1 aliphatic heterocycles. The number of benzene rings is 1. The number of nitrogens with zero attached hydrogens (tertiary/aromatic N) is 1. The van der Waals surface area contributed by atoms with E-state index in [-0.39, 0.29) is 12.1 Å². The molecular weight excluding hydrogens is 282 g/mol. The number of pyridine rings is 1. The third-order valence-corrected chi connectivity index (χ3v) is 4.16. The van der Waals surface area contributed by atoms with Crippen molar-refractivity contribution in [1.82, 2.24) is 4.98 Å². The molecular formula is C16H19N3OS. The van der Waals surface area contributed by atoms with Gasteiger partial charge in [-0.25, -0.2) is 0 Å². The zero-order valence-corrected chi connectivity index (χ0v) is 12.8. The van der Waals surface area contributed by atoms with Gasteiger partial charge in [-0.15, -0.1) is 0 Å². The van der Waals surface area contributed by atoms with Crippen molar-refractivity contribution in [2.24, 2.45) is 5.73 Å². The molecule has 3 rings (SSSR count). The quantitative estimate of drug-likeness (QED) is 0.850. The highest BCUT2D eigenvalue weighted by molar-refractivity contribution is 7.80. The van der Waals surface area contributed by atoms with Crippen LogP contribution in [-0.4, -0.2) is 28.7 Å². The van der Waals surface area contributed by atoms with E-state index < -0.39 is 0 Å². The van der Waals surface area contributed by atoms with E-state index in [0.717, 1.165) is 41.6 Å². The van der Waals surface area contributed by atoms with Gasteiger partial charge in [0.2, 0.25) is 0 Å². The van der Waals surface area contributed by atoms with Gasteiger partial charge >= 0.3 is 0 Å². The summed E-state index contributed by atoms with van der Waals surface area (Å²) in [5.74, 6) is 0. The average molecular weight is 301 g/mol. The Morgan fingerprint density at radius 3 is 3.00 bits per heavy atom. The molecule has 4 nitrogen and oxygen atoms in total. The molecule has 0 aliphatic carbocycles. The van der Waals surface area contributed by atoms with Crippen LogP contribution in [0, 0.1) is 0 Å². The lowest BCUT2D eigenvalue weighted by molar-refractivity contribution is 0.0997. The van der Waals surface area contributed by atoms with Crippen LogP contribution in [0.1, 0.15) is 25.3 Å². The Labute approximate surface area is 129 Å². The molecule has 0 amide bonds. The second-order valence-corrected chi connectivity index (χ2v) is 5.85. The van der Waals surface area contributed by atoms with Crippen molar-refractivity contribution in [2.45, 2.75) is 31.9 Å². The van der Waals surface area contributed by atoms with Gasteiger partial charge in [0.25, 0.3) is 0 Å². The smallest absolute Gasteiger partial charge is 0.107 e. The minimum atomic E-state index is 0.200. The molecule has 2 heterocycles. The number of nitrogens with one attached hydrogen (secondary N) is 1. The van der Waals surface area contributed by atoms with Crippen LogP contribution < -0.4 is 11.1 Å². The summed E-state index contributed by atoms with van der Waals surface area (Å²) >= 11 is 5.17. The Hall–Kier alpha value is -1.72. The molecule has 110 valence electrons. The highest BCUT2D eigenvalue weighted by Crippen LogP contribution is 2.28. The lowest BCUT2D eigenvalue weighted by Gasteiger charge is -2.23. The predicted octanol–water partition coefficient (Wildman–Crippen LogP) is 2.85. The molecule has 2 atom stereocenters. The van der Waals surface area contributed by atoms with Gasteiger partial charge in [-0.1, -0.05) is 30.4 Å². The molecule has 3 N–H and O–H groups in total. The van der Waals surface area contributed by atoms with Crippen molar-refractivity contribution in [3.8, 4) is 0 Å². The summed E-state index contributed by atoms with van der Waals surface area (Å²) in [5.41, 5.74) is 8.53. The summed E-state index contributed by atoms with van der Waals surface area (Å²) in [4.78, 5) is 4.79. The molecule has 1 fully saturated rings. The van der Waals surface area contributed by atoms with Crippen molar-refractivity contribution in [3.05, 3.63) is 36.0 Å². The first-order valence-corrected chi connectivity index (χ1v) is 7.63. The Morgan fingerprint density at radius 2 is 2.29 bits per heavy atom. The van der Waals surface area contributed by atoms with Gasteiger partial charge in [0.05, 0.1) is 22.9 Å². The molecule has 1 saturated heterocycles. The number of nitrogens with two attached hydrogens (primary N) is 1. The molecule has 2 aromatic rings. The number of anilines is 1. The normalized spacial score (nSPS) is 19.6. The molecule has 21 heavy (non-hydrogen) atoms. The first kappa shape index (κ1) is 14.2. The van der Waals surface area contributed by atoms with Crippen molar-refractivity contribution in [2.75, 3.05) is 11.9 Å². The number of hydrogen-bond donors (Lipinski definition) is 2. The summed E-state index contributed by atoms with van der Waals surface area (Å²) in [6.45, 7) is 2.98. The summed E-state index contributed by atoms with van der Waals surface area (Å²) in [5, 5.41) is 4.58. The van der Waals surface area contributed by atoms with Gasteiger partial charge in [-0.05, 0) is 25.8 Å². The Balaban J connectivity index is 2.01. The van der Waals surface area contributed by atoms with E-state index in [4.69, 9.17) is 22.7 Å². The molecule has 0 saturated carbocycles. The summed E-state index contributed by atoms with van der Waals surface area (Å²) in [6.07, 6.45) is 4.18. The van der Waals surface area contributed by atoms with Gasteiger partial charge in [0.15, 0.2) is 0 Å². The number of rotatable bonds is 4. The zero-order valence-electron chi connectivity index (χ0n) is 12.0. The maximum absolute atomic E-state index is 5.85. The molecule has 0 spiro atoms. The third-order valence-electron chi connectivity index (χ3n) is 3.94. The van der Waals surface area contributed by atoms with Crippen molar-refractivity contribution in [1.29, 1.82) is 0 Å². The molecule has 2 unspecified atom stereocenters. The Bertz CT molecular complexity index is 668. The second-order valence-electron chi connectivity index (χ2n) is 5.41. The first-order valence-electron chi connectivity index (χ1n) is 7.22. The first-order chi connectivity index (χ1) is 10.2. The number of para-hydroxylation sites is 1. The number of fused-ring (bicyclic) bond motifs is 1. The fraction of sp³-hybridized carbons (Fsp3) is 0.375. The van der Waals surface area contributed by atoms with Crippen LogP contribution in [0.25, 0.3) is 10.9 Å². The number of hydrogen-bond acceptors (Lipinski definition) is 4. The topological polar surface area (TPSA) is 60.2 Å². The van der Waals surface area contributed by atoms with E-state index in [1.165, 1.54) is 0 Å². The molecule has 0 radical (unpaired) electrons. The lowest BCUT2D eigenvalue weighted by atomic mass is 10.1. The number of ether oxygens (including phenoxy) is 1. The van der Waals surface area contributed by atoms with Crippen LogP contribution in [0.2, 0.25) is 0 Å². The van der Waals surface area contributed by atoms with Gasteiger partial charge in [-0.2, -0.15) is 0 Å². The Kier molecular flexibility index (Phi) is 4.03. The van der Waals surface area contributed by atoms with Crippen LogP contribution in [0.5, 0.6) is 0 Å². The highest BCUT2D eigenvalue weighted by Gasteiger charge is 2.23. The van der Waals surface area contributed by atoms with Gasteiger partial charge < -0.3 is 15.8 Å². The van der Waals surface area contributed by atoms with Crippen molar-refractivity contribution < 1.29 is 4.74 Å². The van der Waals surface area contributed by atoms with Crippen LogP contribution in [0.4, 0.5) is 5.69 Å². The maximum atomic E-state index is 5.85. The Morgan fingerprint density at radius 1 is 1.48 bits per heavy atom. The molecule has 1 aromatic heterocycles. The van der Waals surface area contributed by atoms with Crippen LogP contribution in [0.15, 0.2) is 30.5 Å². The molecule has 1 aliphatic rings. The standard InChI is InChI=1S/C16H19N3OS/c1-10(14-7-4-8-20-14)19-15-11-5-2-3-6-13(11)18-9-12(15)16(17)21/h2-3,5-6,9-10,14H,4,7-8H2,1H3,(H2,17,21)(H,18,19). The summed E-state index contributed by atoms with van der Waals surface area (Å²) in [6, 6.07) is 8.19. The van der Waals surface area contributed by atoms with E-state index in [1.807, 2.05) is 24.3 Å². The van der Waals surface area contributed by atoms with Crippen LogP contribution in [-0.2, 0) is 4.74 Å². The van der Waals surface area contributed by atoms with Gasteiger partial charge in [0.1, 0.15) is 4.99 Å². The number of aromatic nitrogens is 1. The van der Waals surface area contributed by atoms with E-state index in [0.29, 0.717) is 4.99 Å². The second kappa shape index (κ2) is 5.95. The molecule has 1 aromatic carbocycles. The molecule has 0 bridgehead atoms. The van der Waals surface area contributed by atoms with E-state index in [1.54, 1.807) is 6.20 Å². The minimum Gasteiger partial charge on any atom is -0.389 e. The largest absolute Gasteiger partial charge is 0.389 e. The predicted molar refractivity (Wildman–Crippen MR) is 89.7 cm³/mol. The average Bonchev–Trinajstić information content (AvgIpc) is 3.01. The lowest BCUT2D eigenvalue weighted by Crippen LogP contribution is -2.31. The fourth-order valence-corrected chi connectivity index (χ4v) is 2.96. The number of thiocarbonyl (C=S) groups is 1. The SMILES string of the molecule is CC(Nc1c(C(N)=S)cnc2ccccc12)C1CCCO1. The van der Waals surface area contributed by atoms with Crippen molar-refractivity contribution >= 4 is 33.8 Å². The molecule has 5 heteroatoms. The monoisotopic (exact) mass is 301 g/mol.